The highest BCUT2D eigenvalue weighted by Crippen LogP contribution is 2.30. The Labute approximate surface area is 201 Å². The van der Waals surface area contributed by atoms with Crippen molar-refractivity contribution in [2.75, 3.05) is 51.8 Å². The van der Waals surface area contributed by atoms with Gasteiger partial charge in [-0.05, 0) is 61.2 Å². The molecule has 8 nitrogen and oxygen atoms in total. The Balaban J connectivity index is 1.47. The SMILES string of the molecule is COc1ccc(S(=O)(=O)N2CCOCC2)cc1NC(=O)c1ccc(CN2CCC[C@H](C)C2)cc1. The molecule has 34 heavy (non-hydrogen) atoms. The molecule has 0 aliphatic carbocycles. The number of carbonyl (C=O) groups is 1. The number of likely N-dealkylation sites (tertiary alicyclic amines) is 1. The fourth-order valence-electron chi connectivity index (χ4n) is 4.53. The van der Waals surface area contributed by atoms with Crippen LogP contribution in [0.4, 0.5) is 5.69 Å². The van der Waals surface area contributed by atoms with E-state index < -0.39 is 10.0 Å². The highest BCUT2D eigenvalue weighted by Gasteiger charge is 2.27. The predicted octanol–water partition coefficient (Wildman–Crippen LogP) is 3.20. The van der Waals surface area contributed by atoms with Gasteiger partial charge in [-0.3, -0.25) is 9.69 Å². The maximum atomic E-state index is 13.0. The van der Waals surface area contributed by atoms with E-state index >= 15 is 0 Å². The number of morpholine rings is 1. The molecule has 2 fully saturated rings. The third-order valence-electron chi connectivity index (χ3n) is 6.39. The molecule has 1 N–H and O–H groups in total. The Kier molecular flexibility index (Phi) is 7.88. The number of methoxy groups -OCH3 is 1. The molecule has 0 spiro atoms. The molecular weight excluding hydrogens is 454 g/mol. The number of piperidine rings is 1. The molecule has 0 bridgehead atoms. The minimum absolute atomic E-state index is 0.108. The van der Waals surface area contributed by atoms with Crippen molar-refractivity contribution in [1.29, 1.82) is 0 Å². The second kappa shape index (κ2) is 10.9. The first-order chi connectivity index (χ1) is 16.4. The number of benzene rings is 2. The molecule has 2 aliphatic rings. The molecule has 1 atom stereocenters. The summed E-state index contributed by atoms with van der Waals surface area (Å²) in [6, 6.07) is 12.1. The van der Waals surface area contributed by atoms with Crippen LogP contribution in [-0.2, 0) is 21.3 Å². The molecule has 184 valence electrons. The lowest BCUT2D eigenvalue weighted by Crippen LogP contribution is -2.40. The van der Waals surface area contributed by atoms with Crippen LogP contribution < -0.4 is 10.1 Å². The van der Waals surface area contributed by atoms with Crippen LogP contribution in [-0.4, -0.2) is 70.0 Å². The van der Waals surface area contributed by atoms with Gasteiger partial charge in [0.05, 0.1) is 30.9 Å². The standard InChI is InChI=1S/C25H33N3O5S/c1-19-4-3-11-27(17-19)18-20-5-7-21(8-6-20)25(29)26-23-16-22(9-10-24(23)32-2)34(30,31)28-12-14-33-15-13-28/h5-10,16,19H,3-4,11-15,17-18H2,1-2H3,(H,26,29)/t19-/m0/s1. The molecule has 0 radical (unpaired) electrons. The van der Waals surface area contributed by atoms with Crippen molar-refractivity contribution in [1.82, 2.24) is 9.21 Å². The van der Waals surface area contributed by atoms with E-state index in [9.17, 15) is 13.2 Å². The Bertz CT molecular complexity index is 1100. The summed E-state index contributed by atoms with van der Waals surface area (Å²) in [4.78, 5) is 15.5. The molecule has 1 amide bonds. The van der Waals surface area contributed by atoms with E-state index in [1.807, 2.05) is 12.1 Å². The van der Waals surface area contributed by atoms with Crippen LogP contribution in [0, 0.1) is 5.92 Å². The van der Waals surface area contributed by atoms with Crippen molar-refractivity contribution in [3.05, 3.63) is 53.6 Å². The summed E-state index contributed by atoms with van der Waals surface area (Å²) in [5.74, 6) is 0.791. The van der Waals surface area contributed by atoms with Crippen LogP contribution in [0.15, 0.2) is 47.4 Å². The lowest BCUT2D eigenvalue weighted by atomic mass is 9.99. The number of amides is 1. The molecule has 2 heterocycles. The van der Waals surface area contributed by atoms with Crippen molar-refractivity contribution >= 4 is 21.6 Å². The first kappa shape index (κ1) is 24.7. The third-order valence-corrected chi connectivity index (χ3v) is 8.29. The van der Waals surface area contributed by atoms with Gasteiger partial charge in [0.1, 0.15) is 5.75 Å². The summed E-state index contributed by atoms with van der Waals surface area (Å²) in [5, 5.41) is 2.82. The quantitative estimate of drug-likeness (QED) is 0.645. The number of anilines is 1. The molecule has 9 heteroatoms. The second-order valence-electron chi connectivity index (χ2n) is 9.01. The second-order valence-corrected chi connectivity index (χ2v) is 11.0. The number of hydrogen-bond donors (Lipinski definition) is 1. The van der Waals surface area contributed by atoms with Crippen molar-refractivity contribution in [3.63, 3.8) is 0 Å². The Morgan fingerprint density at radius 2 is 1.85 bits per heavy atom. The van der Waals surface area contributed by atoms with Crippen molar-refractivity contribution in [3.8, 4) is 5.75 Å². The number of nitrogens with zero attached hydrogens (tertiary/aromatic N) is 2. The van der Waals surface area contributed by atoms with Crippen molar-refractivity contribution < 1.29 is 22.7 Å². The van der Waals surface area contributed by atoms with Crippen molar-refractivity contribution in [2.24, 2.45) is 5.92 Å². The predicted molar refractivity (Wildman–Crippen MR) is 131 cm³/mol. The Morgan fingerprint density at radius 3 is 2.53 bits per heavy atom. The molecule has 0 aromatic heterocycles. The maximum absolute atomic E-state index is 13.0. The van der Waals surface area contributed by atoms with Gasteiger partial charge in [0.15, 0.2) is 0 Å². The van der Waals surface area contributed by atoms with E-state index in [0.29, 0.717) is 43.3 Å². The lowest BCUT2D eigenvalue weighted by molar-refractivity contribution is 0.0730. The minimum Gasteiger partial charge on any atom is -0.495 e. The number of ether oxygens (including phenoxy) is 2. The smallest absolute Gasteiger partial charge is 0.255 e. The zero-order valence-corrected chi connectivity index (χ0v) is 20.6. The van der Waals surface area contributed by atoms with Gasteiger partial charge in [-0.1, -0.05) is 19.1 Å². The van der Waals surface area contributed by atoms with Crippen LogP contribution in [0.1, 0.15) is 35.7 Å². The lowest BCUT2D eigenvalue weighted by Gasteiger charge is -2.30. The van der Waals surface area contributed by atoms with Crippen LogP contribution in [0.25, 0.3) is 0 Å². The maximum Gasteiger partial charge on any atom is 0.255 e. The van der Waals surface area contributed by atoms with Crippen LogP contribution in [0.5, 0.6) is 5.75 Å². The zero-order valence-electron chi connectivity index (χ0n) is 19.8. The number of nitrogens with one attached hydrogen (secondary N) is 1. The monoisotopic (exact) mass is 487 g/mol. The number of hydrogen-bond acceptors (Lipinski definition) is 6. The molecule has 2 aromatic carbocycles. The summed E-state index contributed by atoms with van der Waals surface area (Å²) in [5.41, 5.74) is 1.98. The van der Waals surface area contributed by atoms with Crippen LogP contribution >= 0.6 is 0 Å². The van der Waals surface area contributed by atoms with Gasteiger partial charge >= 0.3 is 0 Å². The summed E-state index contributed by atoms with van der Waals surface area (Å²) >= 11 is 0. The molecule has 4 rings (SSSR count). The van der Waals surface area contributed by atoms with Gasteiger partial charge in [0.2, 0.25) is 10.0 Å². The van der Waals surface area contributed by atoms with E-state index in [-0.39, 0.29) is 10.8 Å². The van der Waals surface area contributed by atoms with Crippen molar-refractivity contribution in [2.45, 2.75) is 31.2 Å². The Hall–Kier alpha value is -2.46. The van der Waals surface area contributed by atoms with E-state index in [1.54, 1.807) is 18.2 Å². The zero-order chi connectivity index (χ0) is 24.1. The third kappa shape index (κ3) is 5.78. The van der Waals surface area contributed by atoms with E-state index in [0.717, 1.165) is 25.6 Å². The fourth-order valence-corrected chi connectivity index (χ4v) is 5.96. The van der Waals surface area contributed by atoms with Gasteiger partial charge in [0, 0.05) is 31.7 Å². The fraction of sp³-hybridized carbons (Fsp3) is 0.480. The number of carbonyl (C=O) groups excluding carboxylic acids is 1. The normalized spacial score (nSPS) is 20.1. The summed E-state index contributed by atoms with van der Waals surface area (Å²) in [6.45, 7) is 6.72. The van der Waals surface area contributed by atoms with Crippen LogP contribution in [0.2, 0.25) is 0 Å². The summed E-state index contributed by atoms with van der Waals surface area (Å²) in [6.07, 6.45) is 2.51. The minimum atomic E-state index is -3.69. The molecule has 2 aliphatic heterocycles. The number of rotatable bonds is 7. The Morgan fingerprint density at radius 1 is 1.12 bits per heavy atom. The van der Waals surface area contributed by atoms with Crippen LogP contribution in [0.3, 0.4) is 0 Å². The van der Waals surface area contributed by atoms with E-state index in [1.165, 1.54) is 42.0 Å². The van der Waals surface area contributed by atoms with Gasteiger partial charge in [-0.25, -0.2) is 8.42 Å². The van der Waals surface area contributed by atoms with E-state index in [4.69, 9.17) is 9.47 Å². The number of sulfonamides is 1. The average Bonchev–Trinajstić information content (AvgIpc) is 2.85. The molecule has 0 saturated carbocycles. The summed E-state index contributed by atoms with van der Waals surface area (Å²) in [7, 11) is -2.21. The molecular formula is C25H33N3O5S. The highest BCUT2D eigenvalue weighted by atomic mass is 32.2. The molecule has 0 unspecified atom stereocenters. The largest absolute Gasteiger partial charge is 0.495 e. The van der Waals surface area contributed by atoms with Gasteiger partial charge in [0.25, 0.3) is 5.91 Å². The highest BCUT2D eigenvalue weighted by molar-refractivity contribution is 7.89. The van der Waals surface area contributed by atoms with Gasteiger partial charge in [-0.2, -0.15) is 4.31 Å². The molecule has 2 aromatic rings. The average molecular weight is 488 g/mol. The van der Waals surface area contributed by atoms with E-state index in [2.05, 4.69) is 17.1 Å². The van der Waals surface area contributed by atoms with Gasteiger partial charge in [-0.15, -0.1) is 0 Å². The first-order valence-electron chi connectivity index (χ1n) is 11.8. The summed E-state index contributed by atoms with van der Waals surface area (Å²) < 4.78 is 38.1. The van der Waals surface area contributed by atoms with Gasteiger partial charge < -0.3 is 14.8 Å². The topological polar surface area (TPSA) is 88.2 Å². The molecule has 2 saturated heterocycles. The first-order valence-corrected chi connectivity index (χ1v) is 13.2.